The molecule has 0 bridgehead atoms. The normalized spacial score (nSPS) is 27.9. The molecule has 0 spiro atoms. The second-order valence-corrected chi connectivity index (χ2v) is 11.5. The highest BCUT2D eigenvalue weighted by Crippen LogP contribution is 2.40. The van der Waals surface area contributed by atoms with E-state index in [2.05, 4.69) is 29.6 Å². The summed E-state index contributed by atoms with van der Waals surface area (Å²) in [6, 6.07) is 1.62. The lowest BCUT2D eigenvalue weighted by atomic mass is 10.1. The van der Waals surface area contributed by atoms with E-state index in [0.29, 0.717) is 23.3 Å². The van der Waals surface area contributed by atoms with Crippen LogP contribution in [-0.2, 0) is 4.74 Å². The Morgan fingerprint density at radius 2 is 2.12 bits per heavy atom. The molecule has 1 fully saturated rings. The highest BCUT2D eigenvalue weighted by molar-refractivity contribution is 7.72. The van der Waals surface area contributed by atoms with Crippen molar-refractivity contribution < 1.29 is 14.9 Å². The second-order valence-electron chi connectivity index (χ2n) is 6.82. The average Bonchev–Trinajstić information content (AvgIpc) is 2.96. The Morgan fingerprint density at radius 1 is 1.42 bits per heavy atom. The molecule has 1 saturated heterocycles. The molecule has 1 aliphatic heterocycles. The van der Waals surface area contributed by atoms with Gasteiger partial charge in [0.15, 0.2) is 11.9 Å². The molecule has 4 N–H and O–H groups in total. The number of aromatic nitrogens is 3. The van der Waals surface area contributed by atoms with Crippen molar-refractivity contribution in [3.63, 3.8) is 0 Å². The van der Waals surface area contributed by atoms with E-state index < -0.39 is 31.4 Å². The van der Waals surface area contributed by atoms with Crippen molar-refractivity contribution in [1.29, 1.82) is 0 Å². The quantitative estimate of drug-likeness (QED) is 0.700. The van der Waals surface area contributed by atoms with Gasteiger partial charge in [-0.3, -0.25) is 4.57 Å². The monoisotopic (exact) mass is 372 g/mol. The molecule has 1 aliphatic rings. The first kappa shape index (κ1) is 17.7. The van der Waals surface area contributed by atoms with Gasteiger partial charge in [0.2, 0.25) is 5.28 Å². The molecule has 24 heavy (non-hydrogen) atoms. The summed E-state index contributed by atoms with van der Waals surface area (Å²) in [6.07, 6.45) is 3.71. The fraction of sp³-hybridized carbons (Fsp3) is 0.533. The number of hydrogen-bond acceptors (Lipinski definition) is 6. The molecule has 0 saturated carbocycles. The standard InChI is InChI=1S/C15H22ClN4O3P/c1-24(2,3)7-5-9-11(21)12(22)14(23-9)20-13-10(19-15(20)16)8(17)4-6-18-13/h4,6,9,11-12,14,21-22H,1,5,7H2,2-3H3,(H2,17,18)/t9-,11-,12-,14-/m1/s1. The predicted molar refractivity (Wildman–Crippen MR) is 98.2 cm³/mol. The number of ether oxygens (including phenoxy) is 1. The average molecular weight is 373 g/mol. The number of nitrogens with zero attached hydrogens (tertiary/aromatic N) is 3. The maximum atomic E-state index is 10.4. The SMILES string of the molecule is C=P(C)(C)CC[C@H]1O[C@@H](n2c(Cl)nc3c(N)ccnc32)[C@H](O)[C@@H]1O. The smallest absolute Gasteiger partial charge is 0.207 e. The summed E-state index contributed by atoms with van der Waals surface area (Å²) >= 11 is 6.21. The lowest BCUT2D eigenvalue weighted by molar-refractivity contribution is -0.0351. The van der Waals surface area contributed by atoms with Crippen LogP contribution in [0.2, 0.25) is 5.28 Å². The Balaban J connectivity index is 1.92. The molecule has 0 amide bonds. The van der Waals surface area contributed by atoms with Crippen LogP contribution in [0, 0.1) is 0 Å². The molecule has 0 aliphatic carbocycles. The van der Waals surface area contributed by atoms with Crippen LogP contribution in [0.4, 0.5) is 5.69 Å². The van der Waals surface area contributed by atoms with Gasteiger partial charge in [-0.05, 0) is 43.6 Å². The topological polar surface area (TPSA) is 106 Å². The maximum absolute atomic E-state index is 10.4. The number of rotatable bonds is 4. The van der Waals surface area contributed by atoms with E-state index in [-0.39, 0.29) is 5.28 Å². The number of hydrogen-bond donors (Lipinski definition) is 3. The van der Waals surface area contributed by atoms with Gasteiger partial charge in [0.1, 0.15) is 17.7 Å². The van der Waals surface area contributed by atoms with Crippen LogP contribution in [0.1, 0.15) is 12.6 Å². The van der Waals surface area contributed by atoms with Crippen molar-refractivity contribution in [2.45, 2.75) is 31.0 Å². The summed E-state index contributed by atoms with van der Waals surface area (Å²) in [5.74, 6) is 0. The number of halogens is 1. The molecule has 3 rings (SSSR count). The van der Waals surface area contributed by atoms with Crippen molar-refractivity contribution in [1.82, 2.24) is 14.5 Å². The minimum Gasteiger partial charge on any atom is -0.397 e. The summed E-state index contributed by atoms with van der Waals surface area (Å²) < 4.78 is 7.38. The number of nitrogen functional groups attached to an aromatic ring is 1. The summed E-state index contributed by atoms with van der Waals surface area (Å²) in [5, 5.41) is 20.9. The Labute approximate surface area is 145 Å². The molecule has 2 aromatic rings. The lowest BCUT2D eigenvalue weighted by Gasteiger charge is -2.19. The second kappa shape index (κ2) is 6.32. The van der Waals surface area contributed by atoms with Crippen LogP contribution in [-0.4, -0.2) is 68.9 Å². The Bertz CT molecular complexity index is 805. The van der Waals surface area contributed by atoms with Crippen LogP contribution in [0.5, 0.6) is 0 Å². The number of imidazole rings is 1. The van der Waals surface area contributed by atoms with Crippen LogP contribution in [0.25, 0.3) is 11.2 Å². The predicted octanol–water partition coefficient (Wildman–Crippen LogP) is 1.39. The van der Waals surface area contributed by atoms with E-state index in [1.54, 1.807) is 6.07 Å². The van der Waals surface area contributed by atoms with Gasteiger partial charge in [0.05, 0.1) is 11.8 Å². The molecule has 9 heteroatoms. The van der Waals surface area contributed by atoms with E-state index in [4.69, 9.17) is 22.1 Å². The Hall–Kier alpha value is -1.11. The molecule has 132 valence electrons. The molecular weight excluding hydrogens is 351 g/mol. The van der Waals surface area contributed by atoms with Crippen molar-refractivity contribution in [2.24, 2.45) is 0 Å². The molecule has 0 aromatic carbocycles. The number of pyridine rings is 1. The molecule has 0 unspecified atom stereocenters. The van der Waals surface area contributed by atoms with Gasteiger partial charge in [-0.2, -0.15) is 0 Å². The Morgan fingerprint density at radius 3 is 2.79 bits per heavy atom. The van der Waals surface area contributed by atoms with E-state index in [0.717, 1.165) is 6.16 Å². The minimum atomic E-state index is -1.25. The van der Waals surface area contributed by atoms with Crippen LogP contribution < -0.4 is 5.73 Å². The highest BCUT2D eigenvalue weighted by Gasteiger charge is 2.44. The highest BCUT2D eigenvalue weighted by atomic mass is 35.5. The zero-order chi connectivity index (χ0) is 17.6. The van der Waals surface area contributed by atoms with Gasteiger partial charge in [-0.1, -0.05) is 0 Å². The molecule has 7 nitrogen and oxygen atoms in total. The van der Waals surface area contributed by atoms with Crippen molar-refractivity contribution in [3.8, 4) is 0 Å². The van der Waals surface area contributed by atoms with E-state index in [9.17, 15) is 10.2 Å². The van der Waals surface area contributed by atoms with Crippen molar-refractivity contribution in [3.05, 3.63) is 17.5 Å². The third kappa shape index (κ3) is 3.19. The molecule has 3 heterocycles. The number of anilines is 1. The zero-order valence-electron chi connectivity index (χ0n) is 13.6. The van der Waals surface area contributed by atoms with Crippen LogP contribution in [0.15, 0.2) is 12.3 Å². The zero-order valence-corrected chi connectivity index (χ0v) is 15.3. The fourth-order valence-electron chi connectivity index (χ4n) is 2.87. The van der Waals surface area contributed by atoms with E-state index >= 15 is 0 Å². The fourth-order valence-corrected chi connectivity index (χ4v) is 4.08. The number of aliphatic hydroxyl groups is 2. The van der Waals surface area contributed by atoms with Gasteiger partial charge < -0.3 is 20.7 Å². The molecule has 0 radical (unpaired) electrons. The van der Waals surface area contributed by atoms with Gasteiger partial charge in [-0.25, -0.2) is 9.97 Å². The Kier molecular flexibility index (Phi) is 4.66. The molecular formula is C15H22ClN4O3P. The van der Waals surface area contributed by atoms with Crippen molar-refractivity contribution in [2.75, 3.05) is 25.2 Å². The third-order valence-corrected chi connectivity index (χ3v) is 5.91. The summed E-state index contributed by atoms with van der Waals surface area (Å²) in [5.41, 5.74) is 7.19. The molecule has 4 atom stereocenters. The first-order chi connectivity index (χ1) is 11.2. The summed E-state index contributed by atoms with van der Waals surface area (Å²) in [7, 11) is 0. The van der Waals surface area contributed by atoms with E-state index in [1.807, 2.05) is 0 Å². The largest absolute Gasteiger partial charge is 0.397 e. The summed E-state index contributed by atoms with van der Waals surface area (Å²) in [6.45, 7) is 2.99. The van der Waals surface area contributed by atoms with Crippen molar-refractivity contribution >= 4 is 41.6 Å². The first-order valence-corrected chi connectivity index (χ1v) is 11.1. The minimum absolute atomic E-state index is 0.109. The van der Waals surface area contributed by atoms with Gasteiger partial charge in [-0.15, -0.1) is 13.2 Å². The number of fused-ring (bicyclic) bond motifs is 1. The maximum Gasteiger partial charge on any atom is 0.207 e. The van der Waals surface area contributed by atoms with Gasteiger partial charge >= 0.3 is 0 Å². The number of aliphatic hydroxyl groups excluding tert-OH is 2. The van der Waals surface area contributed by atoms with Crippen LogP contribution >= 0.6 is 18.5 Å². The van der Waals surface area contributed by atoms with Crippen LogP contribution in [0.3, 0.4) is 0 Å². The first-order valence-electron chi connectivity index (χ1n) is 7.66. The summed E-state index contributed by atoms with van der Waals surface area (Å²) in [4.78, 5) is 8.43. The number of nitrogens with two attached hydrogens (primary N) is 1. The lowest BCUT2D eigenvalue weighted by Crippen LogP contribution is -2.32. The van der Waals surface area contributed by atoms with Gasteiger partial charge in [0.25, 0.3) is 0 Å². The molecule has 2 aromatic heterocycles. The van der Waals surface area contributed by atoms with Gasteiger partial charge in [0, 0.05) is 6.20 Å². The van der Waals surface area contributed by atoms with E-state index in [1.165, 1.54) is 10.8 Å². The third-order valence-electron chi connectivity index (χ3n) is 4.18.